The van der Waals surface area contributed by atoms with Crippen molar-refractivity contribution in [3.05, 3.63) is 58.9 Å². The van der Waals surface area contributed by atoms with Crippen molar-refractivity contribution in [2.75, 3.05) is 12.4 Å². The number of rotatable bonds is 4. The zero-order chi connectivity index (χ0) is 13.8. The summed E-state index contributed by atoms with van der Waals surface area (Å²) in [7, 11) is 1.54. The van der Waals surface area contributed by atoms with Crippen molar-refractivity contribution in [2.24, 2.45) is 0 Å². The van der Waals surface area contributed by atoms with Gasteiger partial charge >= 0.3 is 0 Å². The summed E-state index contributed by atoms with van der Waals surface area (Å²) >= 11 is 0. The Bertz CT molecular complexity index is 581. The van der Waals surface area contributed by atoms with E-state index in [4.69, 9.17) is 4.74 Å². The molecule has 2 aromatic carbocycles. The molecule has 0 bridgehead atoms. The van der Waals surface area contributed by atoms with Crippen molar-refractivity contribution in [1.29, 1.82) is 0 Å². The molecule has 0 aromatic heterocycles. The van der Waals surface area contributed by atoms with Crippen LogP contribution in [0.25, 0.3) is 0 Å². The Labute approximate surface area is 113 Å². The normalized spacial score (nSPS) is 10.3. The van der Waals surface area contributed by atoms with Crippen LogP contribution in [0.5, 0.6) is 5.75 Å². The van der Waals surface area contributed by atoms with E-state index in [0.29, 0.717) is 12.3 Å². The lowest BCUT2D eigenvalue weighted by Crippen LogP contribution is -2.03. The molecule has 0 radical (unpaired) electrons. The van der Waals surface area contributed by atoms with Crippen LogP contribution in [0.1, 0.15) is 16.7 Å². The van der Waals surface area contributed by atoms with Gasteiger partial charge in [-0.25, -0.2) is 4.39 Å². The minimum absolute atomic E-state index is 0.297. The van der Waals surface area contributed by atoms with E-state index in [2.05, 4.69) is 31.3 Å². The molecule has 0 atom stereocenters. The maximum absolute atomic E-state index is 13.1. The number of aryl methyl sites for hydroxylation is 1. The van der Waals surface area contributed by atoms with Crippen molar-refractivity contribution in [1.82, 2.24) is 0 Å². The van der Waals surface area contributed by atoms with Crippen molar-refractivity contribution in [3.8, 4) is 5.75 Å². The number of ether oxygens (including phenoxy) is 1. The molecule has 0 aliphatic carbocycles. The number of nitrogens with one attached hydrogen (secondary N) is 1. The lowest BCUT2D eigenvalue weighted by atomic mass is 10.0. The average Bonchev–Trinajstić information content (AvgIpc) is 2.41. The molecule has 0 saturated heterocycles. The van der Waals surface area contributed by atoms with E-state index >= 15 is 0 Å². The highest BCUT2D eigenvalue weighted by molar-refractivity contribution is 5.56. The van der Waals surface area contributed by atoms with E-state index in [-0.39, 0.29) is 5.82 Å². The number of methoxy groups -OCH3 is 1. The van der Waals surface area contributed by atoms with Gasteiger partial charge in [-0.3, -0.25) is 0 Å². The molecule has 0 saturated carbocycles. The average molecular weight is 259 g/mol. The molecular weight excluding hydrogens is 241 g/mol. The molecule has 0 spiro atoms. The van der Waals surface area contributed by atoms with Crippen molar-refractivity contribution >= 4 is 5.69 Å². The maximum atomic E-state index is 13.1. The van der Waals surface area contributed by atoms with Gasteiger partial charge < -0.3 is 10.1 Å². The molecule has 100 valence electrons. The molecule has 3 heteroatoms. The van der Waals surface area contributed by atoms with Gasteiger partial charge in [0.25, 0.3) is 0 Å². The molecule has 1 N–H and O–H groups in total. The Balaban J connectivity index is 2.17. The first-order chi connectivity index (χ1) is 9.11. The number of anilines is 1. The van der Waals surface area contributed by atoms with Crippen LogP contribution in [0.4, 0.5) is 10.1 Å². The molecule has 2 rings (SSSR count). The fourth-order valence-corrected chi connectivity index (χ4v) is 2.00. The van der Waals surface area contributed by atoms with Gasteiger partial charge in [-0.1, -0.05) is 18.2 Å². The highest BCUT2D eigenvalue weighted by atomic mass is 19.1. The largest absolute Gasteiger partial charge is 0.494 e. The third kappa shape index (κ3) is 3.05. The van der Waals surface area contributed by atoms with Gasteiger partial charge in [0, 0.05) is 12.6 Å². The predicted molar refractivity (Wildman–Crippen MR) is 76.2 cm³/mol. The van der Waals surface area contributed by atoms with Gasteiger partial charge in [0.15, 0.2) is 0 Å². The Hall–Kier alpha value is -2.03. The van der Waals surface area contributed by atoms with Crippen LogP contribution in [0, 0.1) is 19.7 Å². The summed E-state index contributed by atoms with van der Waals surface area (Å²) in [5.74, 6) is 0.222. The van der Waals surface area contributed by atoms with Crippen LogP contribution < -0.4 is 10.1 Å². The van der Waals surface area contributed by atoms with E-state index in [1.165, 1.54) is 35.9 Å². The van der Waals surface area contributed by atoms with Gasteiger partial charge in [-0.15, -0.1) is 0 Å². The zero-order valence-corrected chi connectivity index (χ0v) is 11.5. The highest BCUT2D eigenvalue weighted by Gasteiger charge is 2.05. The molecule has 0 aliphatic rings. The number of halogens is 1. The fourth-order valence-electron chi connectivity index (χ4n) is 2.00. The minimum Gasteiger partial charge on any atom is -0.494 e. The molecule has 2 aromatic rings. The van der Waals surface area contributed by atoms with E-state index < -0.39 is 0 Å². The van der Waals surface area contributed by atoms with Crippen molar-refractivity contribution < 1.29 is 9.13 Å². The van der Waals surface area contributed by atoms with Gasteiger partial charge in [0.1, 0.15) is 11.6 Å². The summed E-state index contributed by atoms with van der Waals surface area (Å²) in [5.41, 5.74) is 4.57. The Morgan fingerprint density at radius 3 is 2.68 bits per heavy atom. The van der Waals surface area contributed by atoms with Crippen LogP contribution in [0.3, 0.4) is 0 Å². The molecular formula is C16H18FNO. The molecule has 0 aliphatic heterocycles. The maximum Gasteiger partial charge on any atom is 0.144 e. The van der Waals surface area contributed by atoms with E-state index in [1.54, 1.807) is 6.07 Å². The van der Waals surface area contributed by atoms with Crippen molar-refractivity contribution in [2.45, 2.75) is 20.4 Å². The summed E-state index contributed by atoms with van der Waals surface area (Å²) in [6.45, 7) is 4.89. The second-order valence-corrected chi connectivity index (χ2v) is 4.56. The van der Waals surface area contributed by atoms with Gasteiger partial charge in [-0.2, -0.15) is 0 Å². The molecule has 0 heterocycles. The predicted octanol–water partition coefficient (Wildman–Crippen LogP) is 4.06. The SMILES string of the molecule is COc1cc(F)ccc1NCc1cccc(C)c1C. The second-order valence-electron chi connectivity index (χ2n) is 4.56. The van der Waals surface area contributed by atoms with E-state index in [9.17, 15) is 4.39 Å². The summed E-state index contributed by atoms with van der Waals surface area (Å²) in [6, 6.07) is 10.7. The first kappa shape index (κ1) is 13.4. The van der Waals surface area contributed by atoms with E-state index in [0.717, 1.165) is 5.69 Å². The van der Waals surface area contributed by atoms with Crippen LogP contribution in [-0.2, 0) is 6.54 Å². The number of hydrogen-bond acceptors (Lipinski definition) is 2. The highest BCUT2D eigenvalue weighted by Crippen LogP contribution is 2.26. The molecule has 19 heavy (non-hydrogen) atoms. The van der Waals surface area contributed by atoms with Crippen LogP contribution >= 0.6 is 0 Å². The zero-order valence-electron chi connectivity index (χ0n) is 11.5. The van der Waals surface area contributed by atoms with Crippen LogP contribution in [0.15, 0.2) is 36.4 Å². The summed E-state index contributed by atoms with van der Waals surface area (Å²) in [6.07, 6.45) is 0. The molecule has 0 fully saturated rings. The Morgan fingerprint density at radius 1 is 1.16 bits per heavy atom. The van der Waals surface area contributed by atoms with Crippen LogP contribution in [0.2, 0.25) is 0 Å². The fraction of sp³-hybridized carbons (Fsp3) is 0.250. The topological polar surface area (TPSA) is 21.3 Å². The van der Waals surface area contributed by atoms with Crippen LogP contribution in [-0.4, -0.2) is 7.11 Å². The quantitative estimate of drug-likeness (QED) is 0.894. The summed E-state index contributed by atoms with van der Waals surface area (Å²) in [5, 5.41) is 3.28. The van der Waals surface area contributed by atoms with E-state index in [1.807, 2.05) is 6.07 Å². The Kier molecular flexibility index (Phi) is 4.05. The third-order valence-corrected chi connectivity index (χ3v) is 3.35. The molecule has 2 nitrogen and oxygen atoms in total. The van der Waals surface area contributed by atoms with Gasteiger partial charge in [-0.05, 0) is 42.7 Å². The van der Waals surface area contributed by atoms with Gasteiger partial charge in [0.05, 0.1) is 12.8 Å². The van der Waals surface area contributed by atoms with Gasteiger partial charge in [0.2, 0.25) is 0 Å². The smallest absolute Gasteiger partial charge is 0.144 e. The monoisotopic (exact) mass is 259 g/mol. The first-order valence-electron chi connectivity index (χ1n) is 6.24. The minimum atomic E-state index is -0.297. The summed E-state index contributed by atoms with van der Waals surface area (Å²) < 4.78 is 18.3. The molecule has 0 amide bonds. The van der Waals surface area contributed by atoms with Crippen molar-refractivity contribution in [3.63, 3.8) is 0 Å². The molecule has 0 unspecified atom stereocenters. The lowest BCUT2D eigenvalue weighted by Gasteiger charge is -2.13. The Morgan fingerprint density at radius 2 is 1.95 bits per heavy atom. The number of hydrogen-bond donors (Lipinski definition) is 1. The standard InChI is InChI=1S/C16H18FNO/c1-11-5-4-6-13(12(11)2)10-18-15-8-7-14(17)9-16(15)19-3/h4-9,18H,10H2,1-3H3. The number of benzene rings is 2. The lowest BCUT2D eigenvalue weighted by molar-refractivity contribution is 0.413. The third-order valence-electron chi connectivity index (χ3n) is 3.35. The second kappa shape index (κ2) is 5.74. The summed E-state index contributed by atoms with van der Waals surface area (Å²) in [4.78, 5) is 0. The first-order valence-corrected chi connectivity index (χ1v) is 6.24.